The Balaban J connectivity index is 1.73. The maximum Gasteiger partial charge on any atom is 0.228 e. The Bertz CT molecular complexity index is 1220. The van der Waals surface area contributed by atoms with Gasteiger partial charge in [-0.25, -0.2) is 13.4 Å². The minimum atomic E-state index is -3.49. The van der Waals surface area contributed by atoms with Gasteiger partial charge >= 0.3 is 0 Å². The van der Waals surface area contributed by atoms with Crippen LogP contribution < -0.4 is 14.4 Å². The minimum absolute atomic E-state index is 0.106. The largest absolute Gasteiger partial charge is 0.497 e. The lowest BCUT2D eigenvalue weighted by atomic mass is 10.3. The lowest BCUT2D eigenvalue weighted by Gasteiger charge is -2.21. The first kappa shape index (κ1) is 26.9. The van der Waals surface area contributed by atoms with Crippen LogP contribution in [0.3, 0.4) is 0 Å². The summed E-state index contributed by atoms with van der Waals surface area (Å²) in [6, 6.07) is 12.0. The van der Waals surface area contributed by atoms with Gasteiger partial charge in [0.1, 0.15) is 17.0 Å². The van der Waals surface area contributed by atoms with Gasteiger partial charge in [0.15, 0.2) is 15.0 Å². The molecule has 0 unspecified atom stereocenters. The molecular formula is C25H33N3O5S2. The van der Waals surface area contributed by atoms with Crippen molar-refractivity contribution >= 4 is 42.4 Å². The van der Waals surface area contributed by atoms with Crippen LogP contribution in [0.25, 0.3) is 10.2 Å². The predicted octanol–water partition coefficient (Wildman–Crippen LogP) is 4.24. The lowest BCUT2D eigenvalue weighted by Crippen LogP contribution is -2.33. The molecule has 35 heavy (non-hydrogen) atoms. The van der Waals surface area contributed by atoms with E-state index < -0.39 is 9.84 Å². The summed E-state index contributed by atoms with van der Waals surface area (Å²) >= 11 is 1.44. The summed E-state index contributed by atoms with van der Waals surface area (Å²) in [7, 11) is 2.01. The topological polar surface area (TPSA) is 89.0 Å². The highest BCUT2D eigenvalue weighted by Gasteiger charge is 2.22. The van der Waals surface area contributed by atoms with Crippen molar-refractivity contribution in [3.8, 4) is 11.5 Å². The van der Waals surface area contributed by atoms with Gasteiger partial charge in [0, 0.05) is 13.0 Å². The van der Waals surface area contributed by atoms with E-state index in [2.05, 4.69) is 4.90 Å². The number of hydrogen-bond donors (Lipinski definition) is 0. The Morgan fingerprint density at radius 3 is 2.46 bits per heavy atom. The van der Waals surface area contributed by atoms with Gasteiger partial charge in [0.25, 0.3) is 0 Å². The van der Waals surface area contributed by atoms with E-state index in [1.54, 1.807) is 17.0 Å². The third kappa shape index (κ3) is 7.16. The Kier molecular flexibility index (Phi) is 9.47. The van der Waals surface area contributed by atoms with E-state index in [0.717, 1.165) is 23.2 Å². The number of carbonyl (C=O) groups excluding carboxylic acids is 1. The van der Waals surface area contributed by atoms with E-state index in [1.807, 2.05) is 39.2 Å². The summed E-state index contributed by atoms with van der Waals surface area (Å²) < 4.78 is 37.2. The number of anilines is 1. The molecule has 0 atom stereocenters. The van der Waals surface area contributed by atoms with Crippen LogP contribution in [0, 0.1) is 0 Å². The zero-order chi connectivity index (χ0) is 25.4. The highest BCUT2D eigenvalue weighted by molar-refractivity contribution is 7.91. The fraction of sp³-hybridized carbons (Fsp3) is 0.440. The first-order valence-corrected chi connectivity index (χ1v) is 14.1. The molecule has 0 saturated carbocycles. The molecule has 190 valence electrons. The Morgan fingerprint density at radius 2 is 1.80 bits per heavy atom. The number of benzene rings is 2. The van der Waals surface area contributed by atoms with Gasteiger partial charge in [-0.3, -0.25) is 9.69 Å². The van der Waals surface area contributed by atoms with Crippen LogP contribution in [-0.2, 0) is 14.6 Å². The lowest BCUT2D eigenvalue weighted by molar-refractivity contribution is -0.118. The number of nitrogens with zero attached hydrogens (tertiary/aromatic N) is 3. The maximum absolute atomic E-state index is 13.2. The van der Waals surface area contributed by atoms with Crippen LogP contribution in [0.2, 0.25) is 0 Å². The number of amides is 1. The van der Waals surface area contributed by atoms with E-state index in [1.165, 1.54) is 30.6 Å². The SMILES string of the molecule is CCOc1cccc2sc(N(CCCN(C)C)C(=O)CCCS(=O)(=O)c3ccc(OC)cc3)nc12. The van der Waals surface area contributed by atoms with Crippen molar-refractivity contribution in [2.45, 2.75) is 31.1 Å². The third-order valence-corrected chi connectivity index (χ3v) is 8.27. The summed E-state index contributed by atoms with van der Waals surface area (Å²) in [5.74, 6) is 1.05. The number of methoxy groups -OCH3 is 1. The second-order valence-electron chi connectivity index (χ2n) is 8.33. The minimum Gasteiger partial charge on any atom is -0.497 e. The monoisotopic (exact) mass is 519 g/mol. The summed E-state index contributed by atoms with van der Waals surface area (Å²) in [4.78, 5) is 21.9. The number of para-hydroxylation sites is 1. The molecule has 0 bridgehead atoms. The summed E-state index contributed by atoms with van der Waals surface area (Å²) in [6.07, 6.45) is 1.12. The average molecular weight is 520 g/mol. The van der Waals surface area contributed by atoms with Crippen LogP contribution in [0.15, 0.2) is 47.4 Å². The summed E-state index contributed by atoms with van der Waals surface area (Å²) in [5, 5.41) is 0.605. The zero-order valence-corrected chi connectivity index (χ0v) is 22.3. The molecule has 0 radical (unpaired) electrons. The normalized spacial score (nSPS) is 11.7. The molecule has 0 spiro atoms. The molecular weight excluding hydrogens is 486 g/mol. The number of thiazole rings is 1. The maximum atomic E-state index is 13.2. The number of sulfone groups is 1. The van der Waals surface area contributed by atoms with Gasteiger partial charge in [-0.2, -0.15) is 0 Å². The van der Waals surface area contributed by atoms with E-state index >= 15 is 0 Å². The Labute approximate surface area is 211 Å². The second-order valence-corrected chi connectivity index (χ2v) is 11.5. The molecule has 8 nitrogen and oxygen atoms in total. The van der Waals surface area contributed by atoms with Crippen molar-refractivity contribution in [2.24, 2.45) is 0 Å². The molecule has 3 aromatic rings. The summed E-state index contributed by atoms with van der Waals surface area (Å²) in [6.45, 7) is 3.78. The number of fused-ring (bicyclic) bond motifs is 1. The molecule has 2 aromatic carbocycles. The zero-order valence-electron chi connectivity index (χ0n) is 20.7. The van der Waals surface area contributed by atoms with Crippen LogP contribution in [-0.4, -0.2) is 70.9 Å². The van der Waals surface area contributed by atoms with Crippen molar-refractivity contribution in [3.63, 3.8) is 0 Å². The smallest absolute Gasteiger partial charge is 0.228 e. The van der Waals surface area contributed by atoms with E-state index in [9.17, 15) is 13.2 Å². The molecule has 0 aliphatic rings. The van der Waals surface area contributed by atoms with Crippen molar-refractivity contribution in [1.29, 1.82) is 0 Å². The number of ether oxygens (including phenoxy) is 2. The highest BCUT2D eigenvalue weighted by Crippen LogP contribution is 2.34. The van der Waals surface area contributed by atoms with E-state index in [4.69, 9.17) is 14.5 Å². The molecule has 0 fully saturated rings. The van der Waals surface area contributed by atoms with E-state index in [0.29, 0.717) is 29.8 Å². The molecule has 0 N–H and O–H groups in total. The molecule has 1 amide bonds. The summed E-state index contributed by atoms with van der Waals surface area (Å²) in [5.41, 5.74) is 0.738. The average Bonchev–Trinajstić information content (AvgIpc) is 3.26. The van der Waals surface area contributed by atoms with Gasteiger partial charge in [-0.1, -0.05) is 17.4 Å². The quantitative estimate of drug-likeness (QED) is 0.334. The number of aromatic nitrogens is 1. The molecule has 3 rings (SSSR count). The number of rotatable bonds is 13. The Morgan fingerprint density at radius 1 is 1.06 bits per heavy atom. The first-order valence-electron chi connectivity index (χ1n) is 11.6. The fourth-order valence-corrected chi connectivity index (χ4v) is 5.96. The standard InChI is InChI=1S/C25H33N3O5S2/c1-5-33-21-9-6-10-22-24(21)26-25(34-22)28(17-8-16-27(2)3)23(29)11-7-18-35(30,31)20-14-12-19(32-4)13-15-20/h6,9-10,12-15H,5,7-8,11,16-18H2,1-4H3. The van der Waals surface area contributed by atoms with Gasteiger partial charge in [-0.05, 0) is 76.8 Å². The number of hydrogen-bond acceptors (Lipinski definition) is 8. The molecule has 0 aliphatic carbocycles. The van der Waals surface area contributed by atoms with Gasteiger partial charge in [0.05, 0.1) is 29.1 Å². The first-order chi connectivity index (χ1) is 16.7. The molecule has 0 saturated heterocycles. The fourth-order valence-electron chi connectivity index (χ4n) is 3.62. The van der Waals surface area contributed by atoms with E-state index in [-0.39, 0.29) is 29.4 Å². The molecule has 1 heterocycles. The highest BCUT2D eigenvalue weighted by atomic mass is 32.2. The van der Waals surface area contributed by atoms with Crippen molar-refractivity contribution < 1.29 is 22.7 Å². The Hall–Kier alpha value is -2.69. The predicted molar refractivity (Wildman–Crippen MR) is 141 cm³/mol. The number of carbonyl (C=O) groups is 1. The molecule has 10 heteroatoms. The van der Waals surface area contributed by atoms with Crippen LogP contribution in [0.5, 0.6) is 11.5 Å². The van der Waals surface area contributed by atoms with Crippen molar-refractivity contribution in [3.05, 3.63) is 42.5 Å². The van der Waals surface area contributed by atoms with Crippen molar-refractivity contribution in [2.75, 3.05) is 51.6 Å². The van der Waals surface area contributed by atoms with Crippen LogP contribution in [0.1, 0.15) is 26.2 Å². The van der Waals surface area contributed by atoms with Crippen LogP contribution in [0.4, 0.5) is 5.13 Å². The van der Waals surface area contributed by atoms with Gasteiger partial charge < -0.3 is 14.4 Å². The molecule has 0 aliphatic heterocycles. The van der Waals surface area contributed by atoms with Crippen LogP contribution >= 0.6 is 11.3 Å². The molecule has 1 aromatic heterocycles. The van der Waals surface area contributed by atoms with Gasteiger partial charge in [0.2, 0.25) is 5.91 Å². The third-order valence-electron chi connectivity index (χ3n) is 5.41. The van der Waals surface area contributed by atoms with Gasteiger partial charge in [-0.15, -0.1) is 0 Å². The second kappa shape index (κ2) is 12.3. The van der Waals surface area contributed by atoms with Crippen molar-refractivity contribution in [1.82, 2.24) is 9.88 Å².